The van der Waals surface area contributed by atoms with Gasteiger partial charge in [-0.2, -0.15) is 0 Å². The maximum Gasteiger partial charge on any atom is 0.119 e. The van der Waals surface area contributed by atoms with Crippen molar-refractivity contribution in [1.82, 2.24) is 10.2 Å². The van der Waals surface area contributed by atoms with E-state index in [0.717, 1.165) is 43.4 Å². The monoisotopic (exact) mass is 296 g/mol. The Bertz CT molecular complexity index is 405. The lowest BCUT2D eigenvalue weighted by Crippen LogP contribution is -2.46. The molecule has 1 aromatic rings. The average molecular weight is 297 g/mol. The smallest absolute Gasteiger partial charge is 0.119 e. The molecule has 0 aromatic heterocycles. The van der Waals surface area contributed by atoms with Gasteiger partial charge in [-0.15, -0.1) is 0 Å². The first-order chi connectivity index (χ1) is 9.55. The first kappa shape index (κ1) is 15.6. The van der Waals surface area contributed by atoms with Gasteiger partial charge in [0.05, 0.1) is 6.61 Å². The molecular weight excluding hydrogens is 272 g/mol. The largest absolute Gasteiger partial charge is 0.494 e. The molecule has 2 rings (SSSR count). The summed E-state index contributed by atoms with van der Waals surface area (Å²) in [7, 11) is 0. The Morgan fingerprint density at radius 1 is 1.30 bits per heavy atom. The normalized spacial score (nSPS) is 19.6. The highest BCUT2D eigenvalue weighted by atomic mass is 35.5. The summed E-state index contributed by atoms with van der Waals surface area (Å²) in [6.45, 7) is 9.80. The Hall–Kier alpha value is -0.770. The van der Waals surface area contributed by atoms with Crippen molar-refractivity contribution in [3.05, 3.63) is 29.3 Å². The highest BCUT2D eigenvalue weighted by Gasteiger charge is 2.23. The van der Waals surface area contributed by atoms with E-state index in [-0.39, 0.29) is 5.54 Å². The van der Waals surface area contributed by atoms with Gasteiger partial charge < -0.3 is 15.0 Å². The zero-order chi connectivity index (χ0) is 14.4. The Morgan fingerprint density at radius 3 is 2.80 bits per heavy atom. The van der Waals surface area contributed by atoms with E-state index < -0.39 is 0 Å². The van der Waals surface area contributed by atoms with Crippen molar-refractivity contribution in [2.75, 3.05) is 32.8 Å². The molecule has 0 atom stereocenters. The quantitative estimate of drug-likeness (QED) is 0.845. The van der Waals surface area contributed by atoms with E-state index >= 15 is 0 Å². The molecule has 0 unspecified atom stereocenters. The fourth-order valence-corrected chi connectivity index (χ4v) is 2.75. The molecule has 0 spiro atoms. The molecule has 4 heteroatoms. The third-order valence-electron chi connectivity index (χ3n) is 3.57. The third-order valence-corrected chi connectivity index (χ3v) is 3.83. The molecule has 1 fully saturated rings. The summed E-state index contributed by atoms with van der Waals surface area (Å²) >= 11 is 5.85. The minimum absolute atomic E-state index is 0.216. The standard InChI is InChI=1S/C16H25ClN2O/c1-16(2)13-19(10-3-9-18-16)11-4-12-20-15-7-5-14(17)6-8-15/h5-8,18H,3-4,9-13H2,1-2H3. The summed E-state index contributed by atoms with van der Waals surface area (Å²) in [4.78, 5) is 2.53. The molecule has 0 saturated carbocycles. The second-order valence-electron chi connectivity index (χ2n) is 6.10. The lowest BCUT2D eigenvalue weighted by atomic mass is 10.1. The van der Waals surface area contributed by atoms with Gasteiger partial charge >= 0.3 is 0 Å². The van der Waals surface area contributed by atoms with Crippen LogP contribution in [-0.2, 0) is 0 Å². The van der Waals surface area contributed by atoms with Gasteiger partial charge in [0.15, 0.2) is 0 Å². The van der Waals surface area contributed by atoms with Crippen molar-refractivity contribution < 1.29 is 4.74 Å². The number of hydrogen-bond donors (Lipinski definition) is 1. The second kappa shape index (κ2) is 7.30. The fourth-order valence-electron chi connectivity index (χ4n) is 2.62. The average Bonchev–Trinajstić information content (AvgIpc) is 2.57. The minimum atomic E-state index is 0.216. The van der Waals surface area contributed by atoms with Crippen LogP contribution >= 0.6 is 11.6 Å². The molecule has 1 N–H and O–H groups in total. The van der Waals surface area contributed by atoms with Gasteiger partial charge in [-0.3, -0.25) is 0 Å². The molecule has 1 aliphatic heterocycles. The van der Waals surface area contributed by atoms with Gasteiger partial charge in [-0.25, -0.2) is 0 Å². The van der Waals surface area contributed by atoms with E-state index in [1.807, 2.05) is 24.3 Å². The van der Waals surface area contributed by atoms with Crippen LogP contribution in [-0.4, -0.2) is 43.2 Å². The molecule has 1 saturated heterocycles. The number of ether oxygens (including phenoxy) is 1. The highest BCUT2D eigenvalue weighted by Crippen LogP contribution is 2.16. The molecule has 0 aliphatic carbocycles. The predicted octanol–water partition coefficient (Wildman–Crippen LogP) is 3.18. The maximum atomic E-state index is 5.85. The molecule has 1 aromatic carbocycles. The Morgan fingerprint density at radius 2 is 2.05 bits per heavy atom. The van der Waals surface area contributed by atoms with Crippen molar-refractivity contribution in [3.8, 4) is 5.75 Å². The first-order valence-electron chi connectivity index (χ1n) is 7.41. The Balaban J connectivity index is 1.68. The number of rotatable bonds is 5. The highest BCUT2D eigenvalue weighted by molar-refractivity contribution is 6.30. The van der Waals surface area contributed by atoms with Crippen LogP contribution in [0.5, 0.6) is 5.75 Å². The van der Waals surface area contributed by atoms with Crippen LogP contribution < -0.4 is 10.1 Å². The van der Waals surface area contributed by atoms with Gasteiger partial charge in [0, 0.05) is 23.7 Å². The Kier molecular flexibility index (Phi) is 5.70. The zero-order valence-electron chi connectivity index (χ0n) is 12.5. The molecule has 1 aliphatic rings. The van der Waals surface area contributed by atoms with Crippen molar-refractivity contribution in [1.29, 1.82) is 0 Å². The van der Waals surface area contributed by atoms with Gasteiger partial charge in [0.2, 0.25) is 0 Å². The minimum Gasteiger partial charge on any atom is -0.494 e. The zero-order valence-corrected chi connectivity index (χ0v) is 13.2. The number of nitrogens with one attached hydrogen (secondary N) is 1. The fraction of sp³-hybridized carbons (Fsp3) is 0.625. The summed E-state index contributed by atoms with van der Waals surface area (Å²) in [6, 6.07) is 7.56. The summed E-state index contributed by atoms with van der Waals surface area (Å²) in [5.41, 5.74) is 0.216. The van der Waals surface area contributed by atoms with Crippen molar-refractivity contribution in [2.24, 2.45) is 0 Å². The third kappa shape index (κ3) is 5.31. The molecule has 20 heavy (non-hydrogen) atoms. The molecule has 0 amide bonds. The predicted molar refractivity (Wildman–Crippen MR) is 84.7 cm³/mol. The van der Waals surface area contributed by atoms with Gasteiger partial charge in [0.1, 0.15) is 5.75 Å². The maximum absolute atomic E-state index is 5.85. The van der Waals surface area contributed by atoms with Gasteiger partial charge in [0.25, 0.3) is 0 Å². The van der Waals surface area contributed by atoms with Crippen LogP contribution in [0.25, 0.3) is 0 Å². The lowest BCUT2D eigenvalue weighted by Gasteiger charge is -2.29. The van der Waals surface area contributed by atoms with Crippen molar-refractivity contribution in [2.45, 2.75) is 32.2 Å². The molecular formula is C16H25ClN2O. The first-order valence-corrected chi connectivity index (χ1v) is 7.79. The van der Waals surface area contributed by atoms with Gasteiger partial charge in [-0.05, 0) is 64.0 Å². The second-order valence-corrected chi connectivity index (χ2v) is 6.53. The summed E-state index contributed by atoms with van der Waals surface area (Å²) < 4.78 is 5.73. The summed E-state index contributed by atoms with van der Waals surface area (Å²) in [5, 5.41) is 4.33. The molecule has 0 radical (unpaired) electrons. The lowest BCUT2D eigenvalue weighted by molar-refractivity contribution is 0.208. The number of benzene rings is 1. The molecule has 1 heterocycles. The van der Waals surface area contributed by atoms with E-state index in [2.05, 4.69) is 24.1 Å². The summed E-state index contributed by atoms with van der Waals surface area (Å²) in [5.74, 6) is 0.896. The van der Waals surface area contributed by atoms with Crippen LogP contribution in [0.1, 0.15) is 26.7 Å². The van der Waals surface area contributed by atoms with E-state index in [1.165, 1.54) is 13.0 Å². The van der Waals surface area contributed by atoms with E-state index in [9.17, 15) is 0 Å². The van der Waals surface area contributed by atoms with Crippen LogP contribution in [0.4, 0.5) is 0 Å². The SMILES string of the molecule is CC1(C)CN(CCCOc2ccc(Cl)cc2)CCCN1. The summed E-state index contributed by atoms with van der Waals surface area (Å²) in [6.07, 6.45) is 2.28. The van der Waals surface area contributed by atoms with E-state index in [1.54, 1.807) is 0 Å². The van der Waals surface area contributed by atoms with Crippen LogP contribution in [0.3, 0.4) is 0 Å². The van der Waals surface area contributed by atoms with Crippen molar-refractivity contribution in [3.63, 3.8) is 0 Å². The van der Waals surface area contributed by atoms with E-state index in [4.69, 9.17) is 16.3 Å². The number of nitrogens with zero attached hydrogens (tertiary/aromatic N) is 1. The topological polar surface area (TPSA) is 24.5 Å². The van der Waals surface area contributed by atoms with Crippen molar-refractivity contribution >= 4 is 11.6 Å². The molecule has 0 bridgehead atoms. The van der Waals surface area contributed by atoms with Crippen LogP contribution in [0.15, 0.2) is 24.3 Å². The van der Waals surface area contributed by atoms with Crippen LogP contribution in [0.2, 0.25) is 5.02 Å². The van der Waals surface area contributed by atoms with Crippen LogP contribution in [0, 0.1) is 0 Å². The molecule has 112 valence electrons. The number of halogens is 1. The van der Waals surface area contributed by atoms with Gasteiger partial charge in [-0.1, -0.05) is 11.6 Å². The number of hydrogen-bond acceptors (Lipinski definition) is 3. The van der Waals surface area contributed by atoms with E-state index in [0.29, 0.717) is 0 Å². The Labute approximate surface area is 127 Å². The molecule has 3 nitrogen and oxygen atoms in total.